The van der Waals surface area contributed by atoms with Gasteiger partial charge in [0.1, 0.15) is 5.75 Å². The van der Waals surface area contributed by atoms with Crippen LogP contribution in [0.1, 0.15) is 53.5 Å². The molecule has 2 N–H and O–H groups in total. The van der Waals surface area contributed by atoms with Crippen LogP contribution in [0.2, 0.25) is 0 Å². The molecule has 0 aromatic heterocycles. The Kier molecular flexibility index (Phi) is 6.22. The van der Waals surface area contributed by atoms with E-state index in [9.17, 15) is 15.0 Å². The maximum Gasteiger partial charge on any atom is 0.298 e. The first-order valence-electron chi connectivity index (χ1n) is 12.9. The molecule has 188 valence electrons. The van der Waals surface area contributed by atoms with Crippen molar-refractivity contribution in [1.29, 1.82) is 0 Å². The summed E-state index contributed by atoms with van der Waals surface area (Å²) in [4.78, 5) is 17.3. The minimum absolute atomic E-state index is 0.00665. The van der Waals surface area contributed by atoms with Gasteiger partial charge in [-0.25, -0.2) is 0 Å². The number of fused-ring (bicyclic) bond motifs is 1. The Morgan fingerprint density at radius 3 is 2.78 bits per heavy atom. The third kappa shape index (κ3) is 3.84. The van der Waals surface area contributed by atoms with Gasteiger partial charge in [0.05, 0.1) is 5.60 Å². The molecular formula is C31H36N2O3. The zero-order valence-electron chi connectivity index (χ0n) is 21.6. The first-order valence-corrected chi connectivity index (χ1v) is 12.9. The van der Waals surface area contributed by atoms with Crippen LogP contribution in [-0.4, -0.2) is 63.7 Å². The van der Waals surface area contributed by atoms with Gasteiger partial charge in [-0.1, -0.05) is 24.1 Å². The number of benzene rings is 2. The summed E-state index contributed by atoms with van der Waals surface area (Å²) < 4.78 is 0. The number of hydrogen-bond acceptors (Lipinski definition) is 4. The smallest absolute Gasteiger partial charge is 0.298 e. The van der Waals surface area contributed by atoms with E-state index < -0.39 is 11.0 Å². The maximum atomic E-state index is 13.1. The van der Waals surface area contributed by atoms with Gasteiger partial charge in [-0.3, -0.25) is 9.69 Å². The zero-order chi connectivity index (χ0) is 25.7. The number of phenolic OH excluding ortho intramolecular Hbond substituents is 1. The van der Waals surface area contributed by atoms with Crippen LogP contribution in [0.15, 0.2) is 49.1 Å². The summed E-state index contributed by atoms with van der Waals surface area (Å²) in [6.45, 7) is 9.63. The minimum Gasteiger partial charge on any atom is -0.508 e. The van der Waals surface area contributed by atoms with Crippen molar-refractivity contribution in [3.63, 3.8) is 0 Å². The summed E-state index contributed by atoms with van der Waals surface area (Å²) >= 11 is 0. The molecule has 2 aromatic rings. The summed E-state index contributed by atoms with van der Waals surface area (Å²) in [6.07, 6.45) is 5.42. The number of phenols is 1. The molecule has 0 radical (unpaired) electrons. The van der Waals surface area contributed by atoms with E-state index in [1.54, 1.807) is 11.0 Å². The fourth-order valence-corrected chi connectivity index (χ4v) is 6.99. The molecule has 1 heterocycles. The Labute approximate surface area is 214 Å². The van der Waals surface area contributed by atoms with Crippen LogP contribution in [0.4, 0.5) is 0 Å². The Balaban J connectivity index is 1.46. The molecule has 1 saturated heterocycles. The Morgan fingerprint density at radius 2 is 2.03 bits per heavy atom. The predicted molar refractivity (Wildman–Crippen MR) is 142 cm³/mol. The van der Waals surface area contributed by atoms with Gasteiger partial charge in [0.2, 0.25) is 0 Å². The minimum atomic E-state index is -0.916. The maximum absolute atomic E-state index is 13.1. The van der Waals surface area contributed by atoms with Crippen LogP contribution < -0.4 is 0 Å². The number of rotatable bonds is 3. The summed E-state index contributed by atoms with van der Waals surface area (Å²) in [6, 6.07) is 11.5. The van der Waals surface area contributed by atoms with Gasteiger partial charge in [-0.05, 0) is 99.0 Å². The van der Waals surface area contributed by atoms with Crippen LogP contribution in [-0.2, 0) is 16.6 Å². The SMILES string of the molecule is C=CCN1CC[C@]23C[C@@H](N(C)C(=O)C#Cc4ccc(C)c(C)c4)CC[C@]2(O)[C@H]1Cc1ccc(O)cc13. The van der Waals surface area contributed by atoms with Crippen molar-refractivity contribution in [2.45, 2.75) is 69.1 Å². The third-order valence-corrected chi connectivity index (χ3v) is 9.16. The van der Waals surface area contributed by atoms with Gasteiger partial charge in [0, 0.05) is 42.6 Å². The topological polar surface area (TPSA) is 64.0 Å². The van der Waals surface area contributed by atoms with Gasteiger partial charge in [0.25, 0.3) is 5.91 Å². The molecule has 0 unspecified atom stereocenters. The number of likely N-dealkylation sites (tertiary alicyclic amines) is 1. The molecule has 2 bridgehead atoms. The molecule has 2 aliphatic carbocycles. The van der Waals surface area contributed by atoms with E-state index >= 15 is 0 Å². The molecule has 0 spiro atoms. The van der Waals surface area contributed by atoms with Crippen LogP contribution in [0.5, 0.6) is 5.75 Å². The zero-order valence-corrected chi connectivity index (χ0v) is 21.6. The molecule has 2 aromatic carbocycles. The fraction of sp³-hybridized carbons (Fsp3) is 0.452. The second kappa shape index (κ2) is 9.10. The van der Waals surface area contributed by atoms with Crippen LogP contribution in [0.25, 0.3) is 0 Å². The van der Waals surface area contributed by atoms with Gasteiger partial charge >= 0.3 is 0 Å². The van der Waals surface area contributed by atoms with E-state index in [0.717, 1.165) is 49.0 Å². The number of aromatic hydroxyl groups is 1. The van der Waals surface area contributed by atoms with Crippen molar-refractivity contribution < 1.29 is 15.0 Å². The van der Waals surface area contributed by atoms with Crippen LogP contribution >= 0.6 is 0 Å². The highest BCUT2D eigenvalue weighted by Crippen LogP contribution is 2.59. The first-order chi connectivity index (χ1) is 17.2. The van der Waals surface area contributed by atoms with Crippen molar-refractivity contribution in [3.05, 3.63) is 76.9 Å². The average Bonchev–Trinajstić information content (AvgIpc) is 2.86. The molecule has 1 aliphatic heterocycles. The lowest BCUT2D eigenvalue weighted by Crippen LogP contribution is -2.74. The predicted octanol–water partition coefficient (Wildman–Crippen LogP) is 3.86. The summed E-state index contributed by atoms with van der Waals surface area (Å²) in [5, 5.41) is 22.7. The van der Waals surface area contributed by atoms with Crippen molar-refractivity contribution in [1.82, 2.24) is 9.80 Å². The van der Waals surface area contributed by atoms with Crippen molar-refractivity contribution in [3.8, 4) is 17.6 Å². The van der Waals surface area contributed by atoms with E-state index in [1.165, 1.54) is 11.1 Å². The number of amides is 1. The number of hydrogen-bond donors (Lipinski definition) is 2. The molecule has 3 aliphatic rings. The second-order valence-corrected chi connectivity index (χ2v) is 11.0. The van der Waals surface area contributed by atoms with Gasteiger partial charge in [-0.2, -0.15) is 0 Å². The Hall–Kier alpha value is -3.07. The average molecular weight is 485 g/mol. The first kappa shape index (κ1) is 24.6. The fourth-order valence-electron chi connectivity index (χ4n) is 6.99. The molecule has 1 saturated carbocycles. The van der Waals surface area contributed by atoms with E-state index in [-0.39, 0.29) is 23.7 Å². The summed E-state index contributed by atoms with van der Waals surface area (Å²) in [5.41, 5.74) is 4.00. The molecule has 36 heavy (non-hydrogen) atoms. The number of carbonyl (C=O) groups is 1. The Bertz CT molecular complexity index is 1270. The Morgan fingerprint density at radius 1 is 1.22 bits per heavy atom. The molecule has 4 atom stereocenters. The molecule has 2 fully saturated rings. The van der Waals surface area contributed by atoms with Gasteiger partial charge in [-0.15, -0.1) is 6.58 Å². The van der Waals surface area contributed by atoms with Crippen LogP contribution in [0, 0.1) is 25.7 Å². The lowest BCUT2D eigenvalue weighted by atomic mass is 9.48. The number of aryl methyl sites for hydroxylation is 2. The quantitative estimate of drug-likeness (QED) is 0.513. The van der Waals surface area contributed by atoms with Gasteiger partial charge < -0.3 is 15.1 Å². The molecule has 5 rings (SSSR count). The largest absolute Gasteiger partial charge is 0.508 e. The normalized spacial score (nSPS) is 28.8. The van der Waals surface area contributed by atoms with Crippen molar-refractivity contribution in [2.24, 2.45) is 0 Å². The van der Waals surface area contributed by atoms with Gasteiger partial charge in [0.15, 0.2) is 0 Å². The summed E-state index contributed by atoms with van der Waals surface area (Å²) in [7, 11) is 1.83. The standard InChI is InChI=1S/C31H36N2O3/c1-5-15-33-16-14-30-20-25(32(4)29(35)11-8-23-7-6-21(2)22(3)17-23)12-13-31(30,36)28(33)18-24-9-10-26(34)19-27(24)30/h5-7,9-10,17,19,25,28,34,36H,1,12-16,18,20H2,2-4H3/t25-,28+,30+,31-/m0/s1. The van der Waals surface area contributed by atoms with Crippen LogP contribution in [0.3, 0.4) is 0 Å². The highest BCUT2D eigenvalue weighted by molar-refractivity contribution is 5.94. The lowest BCUT2D eigenvalue weighted by molar-refractivity contribution is -0.175. The highest BCUT2D eigenvalue weighted by Gasteiger charge is 2.64. The van der Waals surface area contributed by atoms with E-state index in [0.29, 0.717) is 12.8 Å². The second-order valence-electron chi connectivity index (χ2n) is 11.0. The van der Waals surface area contributed by atoms with E-state index in [2.05, 4.69) is 30.2 Å². The van der Waals surface area contributed by atoms with E-state index in [4.69, 9.17) is 0 Å². The highest BCUT2D eigenvalue weighted by atomic mass is 16.3. The number of piperidine rings is 1. The number of aliphatic hydroxyl groups is 1. The molecule has 5 heteroatoms. The third-order valence-electron chi connectivity index (χ3n) is 9.16. The molecule has 5 nitrogen and oxygen atoms in total. The molecular weight excluding hydrogens is 448 g/mol. The monoisotopic (exact) mass is 484 g/mol. The lowest BCUT2D eigenvalue weighted by Gasteiger charge is -2.65. The van der Waals surface area contributed by atoms with Crippen molar-refractivity contribution in [2.75, 3.05) is 20.1 Å². The number of nitrogens with zero attached hydrogens (tertiary/aromatic N) is 2. The molecule has 1 amide bonds. The number of carbonyl (C=O) groups excluding carboxylic acids is 1. The summed E-state index contributed by atoms with van der Waals surface area (Å²) in [5.74, 6) is 5.91. The van der Waals surface area contributed by atoms with Crippen molar-refractivity contribution >= 4 is 5.91 Å². The van der Waals surface area contributed by atoms with E-state index in [1.807, 2.05) is 50.4 Å².